The molecular weight excluding hydrogens is 282 g/mol. The van der Waals surface area contributed by atoms with Gasteiger partial charge in [-0.25, -0.2) is 0 Å². The van der Waals surface area contributed by atoms with Crippen LogP contribution in [0, 0.1) is 12.8 Å². The standard InChI is InChI=1S/C16H19N3O3/c1-11-6-14(22-18-11)8-16(21)19-9-13(15(20)10-19)7-12-2-4-17-5-3-12/h2-6,13,15,20H,7-10H2,1H3/t13-,15-/m1/s1. The maximum absolute atomic E-state index is 12.3. The fourth-order valence-electron chi connectivity index (χ4n) is 2.84. The number of hydrogen-bond acceptors (Lipinski definition) is 5. The number of aromatic nitrogens is 2. The van der Waals surface area contributed by atoms with E-state index in [1.165, 1.54) is 0 Å². The Hall–Kier alpha value is -2.21. The van der Waals surface area contributed by atoms with Gasteiger partial charge in [-0.3, -0.25) is 9.78 Å². The van der Waals surface area contributed by atoms with E-state index in [9.17, 15) is 9.90 Å². The lowest BCUT2D eigenvalue weighted by molar-refractivity contribution is -0.130. The van der Waals surface area contributed by atoms with Gasteiger partial charge >= 0.3 is 0 Å². The van der Waals surface area contributed by atoms with E-state index < -0.39 is 6.10 Å². The predicted molar refractivity (Wildman–Crippen MR) is 79.0 cm³/mol. The van der Waals surface area contributed by atoms with E-state index in [2.05, 4.69) is 10.1 Å². The first-order chi connectivity index (χ1) is 10.6. The zero-order valence-electron chi connectivity index (χ0n) is 12.5. The molecule has 1 aliphatic rings. The molecule has 6 nitrogen and oxygen atoms in total. The first-order valence-corrected chi connectivity index (χ1v) is 7.39. The van der Waals surface area contributed by atoms with Gasteiger partial charge in [0.1, 0.15) is 5.76 Å². The number of hydrogen-bond donors (Lipinski definition) is 1. The second kappa shape index (κ2) is 6.27. The van der Waals surface area contributed by atoms with Crippen LogP contribution in [0.2, 0.25) is 0 Å². The van der Waals surface area contributed by atoms with Crippen molar-refractivity contribution in [3.63, 3.8) is 0 Å². The van der Waals surface area contributed by atoms with Gasteiger partial charge in [0.05, 0.1) is 18.2 Å². The van der Waals surface area contributed by atoms with Gasteiger partial charge in [0, 0.05) is 37.5 Å². The minimum atomic E-state index is -0.492. The van der Waals surface area contributed by atoms with Crippen LogP contribution in [-0.2, 0) is 17.6 Å². The molecule has 3 rings (SSSR count). The summed E-state index contributed by atoms with van der Waals surface area (Å²) >= 11 is 0. The molecule has 1 amide bonds. The quantitative estimate of drug-likeness (QED) is 0.910. The number of aliphatic hydroxyl groups is 1. The topological polar surface area (TPSA) is 79.5 Å². The van der Waals surface area contributed by atoms with Crippen molar-refractivity contribution in [2.75, 3.05) is 13.1 Å². The molecule has 1 N–H and O–H groups in total. The van der Waals surface area contributed by atoms with Crippen LogP contribution in [0.3, 0.4) is 0 Å². The van der Waals surface area contributed by atoms with Gasteiger partial charge in [-0.05, 0) is 31.0 Å². The Morgan fingerprint density at radius 2 is 2.18 bits per heavy atom. The Labute approximate surface area is 128 Å². The lowest BCUT2D eigenvalue weighted by Gasteiger charge is -2.15. The molecule has 1 aliphatic heterocycles. The summed E-state index contributed by atoms with van der Waals surface area (Å²) in [5.41, 5.74) is 1.89. The Balaban J connectivity index is 1.59. The van der Waals surface area contributed by atoms with Crippen molar-refractivity contribution >= 4 is 5.91 Å². The van der Waals surface area contributed by atoms with E-state index in [0.29, 0.717) is 18.8 Å². The summed E-state index contributed by atoms with van der Waals surface area (Å²) in [5.74, 6) is 0.588. The SMILES string of the molecule is Cc1cc(CC(=O)N2C[C@@H](Cc3ccncc3)[C@H](O)C2)on1. The second-order valence-electron chi connectivity index (χ2n) is 5.80. The number of likely N-dealkylation sites (tertiary alicyclic amines) is 1. The highest BCUT2D eigenvalue weighted by atomic mass is 16.5. The average Bonchev–Trinajstić information content (AvgIpc) is 3.07. The lowest BCUT2D eigenvalue weighted by atomic mass is 9.97. The van der Waals surface area contributed by atoms with E-state index in [1.807, 2.05) is 19.1 Å². The molecule has 2 atom stereocenters. The van der Waals surface area contributed by atoms with Crippen molar-refractivity contribution < 1.29 is 14.4 Å². The van der Waals surface area contributed by atoms with Gasteiger partial charge in [0.25, 0.3) is 0 Å². The average molecular weight is 301 g/mol. The minimum Gasteiger partial charge on any atom is -0.391 e. The normalized spacial score (nSPS) is 21.3. The minimum absolute atomic E-state index is 0.0348. The van der Waals surface area contributed by atoms with Crippen LogP contribution in [0.25, 0.3) is 0 Å². The maximum Gasteiger partial charge on any atom is 0.230 e. The highest BCUT2D eigenvalue weighted by molar-refractivity contribution is 5.78. The molecule has 2 aromatic heterocycles. The number of carbonyl (C=O) groups excluding carboxylic acids is 1. The molecule has 0 bridgehead atoms. The summed E-state index contributed by atoms with van der Waals surface area (Å²) in [6.07, 6.45) is 3.93. The van der Waals surface area contributed by atoms with Gasteiger partial charge < -0.3 is 14.5 Å². The third kappa shape index (κ3) is 3.33. The summed E-state index contributed by atoms with van der Waals surface area (Å²) in [5, 5.41) is 14.0. The smallest absolute Gasteiger partial charge is 0.230 e. The van der Waals surface area contributed by atoms with Crippen LogP contribution in [-0.4, -0.2) is 45.2 Å². The summed E-state index contributed by atoms with van der Waals surface area (Å²) in [7, 11) is 0. The van der Waals surface area contributed by atoms with Crippen molar-refractivity contribution in [1.82, 2.24) is 15.0 Å². The molecule has 22 heavy (non-hydrogen) atoms. The summed E-state index contributed by atoms with van der Waals surface area (Å²) in [6, 6.07) is 5.64. The Bertz CT molecular complexity index is 641. The molecule has 1 fully saturated rings. The molecule has 0 aromatic carbocycles. The van der Waals surface area contributed by atoms with E-state index in [-0.39, 0.29) is 18.2 Å². The highest BCUT2D eigenvalue weighted by Gasteiger charge is 2.34. The Morgan fingerprint density at radius 1 is 1.41 bits per heavy atom. The number of aryl methyl sites for hydroxylation is 1. The van der Waals surface area contributed by atoms with Crippen molar-refractivity contribution in [3.8, 4) is 0 Å². The molecule has 0 unspecified atom stereocenters. The fourth-order valence-corrected chi connectivity index (χ4v) is 2.84. The molecule has 0 spiro atoms. The van der Waals surface area contributed by atoms with Crippen LogP contribution >= 0.6 is 0 Å². The van der Waals surface area contributed by atoms with Gasteiger partial charge in [-0.2, -0.15) is 0 Å². The van der Waals surface area contributed by atoms with Gasteiger partial charge in [-0.1, -0.05) is 5.16 Å². The third-order valence-electron chi connectivity index (χ3n) is 4.01. The molecule has 1 saturated heterocycles. The summed E-state index contributed by atoms with van der Waals surface area (Å²) < 4.78 is 5.08. The molecular formula is C16H19N3O3. The first kappa shape index (κ1) is 14.7. The van der Waals surface area contributed by atoms with E-state index in [1.54, 1.807) is 23.4 Å². The van der Waals surface area contributed by atoms with Crippen LogP contribution in [0.5, 0.6) is 0 Å². The number of amides is 1. The van der Waals surface area contributed by atoms with Gasteiger partial charge in [-0.15, -0.1) is 0 Å². The van der Waals surface area contributed by atoms with Crippen molar-refractivity contribution in [3.05, 3.63) is 47.6 Å². The Morgan fingerprint density at radius 3 is 2.86 bits per heavy atom. The largest absolute Gasteiger partial charge is 0.391 e. The fraction of sp³-hybridized carbons (Fsp3) is 0.438. The third-order valence-corrected chi connectivity index (χ3v) is 4.01. The second-order valence-corrected chi connectivity index (χ2v) is 5.80. The molecule has 116 valence electrons. The first-order valence-electron chi connectivity index (χ1n) is 7.39. The Kier molecular flexibility index (Phi) is 4.20. The van der Waals surface area contributed by atoms with Crippen molar-refractivity contribution in [1.29, 1.82) is 0 Å². The number of aliphatic hydroxyl groups excluding tert-OH is 1. The van der Waals surface area contributed by atoms with Crippen LogP contribution in [0.15, 0.2) is 35.1 Å². The zero-order chi connectivity index (χ0) is 15.5. The van der Waals surface area contributed by atoms with E-state index in [0.717, 1.165) is 17.7 Å². The van der Waals surface area contributed by atoms with Crippen LogP contribution in [0.4, 0.5) is 0 Å². The van der Waals surface area contributed by atoms with E-state index >= 15 is 0 Å². The molecule has 0 aliphatic carbocycles. The van der Waals surface area contributed by atoms with Crippen molar-refractivity contribution in [2.45, 2.75) is 25.9 Å². The number of carbonyl (C=O) groups is 1. The molecule has 3 heterocycles. The molecule has 0 radical (unpaired) electrons. The van der Waals surface area contributed by atoms with Gasteiger partial charge in [0.2, 0.25) is 5.91 Å². The monoisotopic (exact) mass is 301 g/mol. The number of rotatable bonds is 4. The summed E-state index contributed by atoms with van der Waals surface area (Å²) in [6.45, 7) is 2.76. The van der Waals surface area contributed by atoms with Crippen LogP contribution in [0.1, 0.15) is 17.0 Å². The van der Waals surface area contributed by atoms with Crippen molar-refractivity contribution in [2.24, 2.45) is 5.92 Å². The highest BCUT2D eigenvalue weighted by Crippen LogP contribution is 2.22. The lowest BCUT2D eigenvalue weighted by Crippen LogP contribution is -2.30. The maximum atomic E-state index is 12.3. The van der Waals surface area contributed by atoms with E-state index in [4.69, 9.17) is 4.52 Å². The molecule has 0 saturated carbocycles. The number of pyridine rings is 1. The number of nitrogens with zero attached hydrogens (tertiary/aromatic N) is 3. The zero-order valence-corrected chi connectivity index (χ0v) is 12.5. The molecule has 6 heteroatoms. The molecule has 2 aromatic rings. The van der Waals surface area contributed by atoms with Crippen LogP contribution < -0.4 is 0 Å². The predicted octanol–water partition coefficient (Wildman–Crippen LogP) is 0.983. The summed E-state index contributed by atoms with van der Waals surface area (Å²) in [4.78, 5) is 18.0. The number of β-amino-alcohol motifs (C(OH)–C–C–N with tert-alkyl or cyclic N) is 1. The van der Waals surface area contributed by atoms with Gasteiger partial charge in [0.15, 0.2) is 0 Å².